The molecule has 4 N–H and O–H groups in total. The van der Waals surface area contributed by atoms with Gasteiger partial charge in [-0.05, 0) is 43.2 Å². The summed E-state index contributed by atoms with van der Waals surface area (Å²) >= 11 is 4.08. The lowest BCUT2D eigenvalue weighted by Gasteiger charge is -1.90. The number of hydrogen-bond acceptors (Lipinski definition) is 3. The van der Waals surface area contributed by atoms with Gasteiger partial charge in [-0.3, -0.25) is 4.99 Å². The van der Waals surface area contributed by atoms with E-state index >= 15 is 0 Å². The molecule has 1 saturated carbocycles. The summed E-state index contributed by atoms with van der Waals surface area (Å²) in [5.74, 6) is 1.33. The van der Waals surface area contributed by atoms with Gasteiger partial charge in [-0.25, -0.2) is 0 Å². The largest absolute Gasteiger partial charge is 0.404 e. The fraction of sp³-hybridized carbons (Fsp3) is 0.308. The molecule has 1 aromatic rings. The summed E-state index contributed by atoms with van der Waals surface area (Å²) in [5, 5.41) is 0. The fourth-order valence-electron chi connectivity index (χ4n) is 1.11. The predicted octanol–water partition coefficient (Wildman–Crippen LogP) is 2.20. The summed E-state index contributed by atoms with van der Waals surface area (Å²) < 4.78 is 0. The molecule has 0 amide bonds. The van der Waals surface area contributed by atoms with Crippen LogP contribution in [0.15, 0.2) is 52.5 Å². The SMILES string of the molecule is N/C=C\C(N)=NCC1CC1.Sc1ccccc1. The molecule has 0 saturated heterocycles. The second-order valence-electron chi connectivity index (χ2n) is 3.90. The Morgan fingerprint density at radius 3 is 2.41 bits per heavy atom. The minimum Gasteiger partial charge on any atom is -0.404 e. The molecule has 0 atom stereocenters. The Morgan fingerprint density at radius 1 is 1.35 bits per heavy atom. The monoisotopic (exact) mass is 249 g/mol. The highest BCUT2D eigenvalue weighted by molar-refractivity contribution is 7.80. The van der Waals surface area contributed by atoms with Crippen molar-refractivity contribution in [2.24, 2.45) is 22.4 Å². The maximum Gasteiger partial charge on any atom is 0.119 e. The van der Waals surface area contributed by atoms with Crippen molar-refractivity contribution in [2.75, 3.05) is 6.54 Å². The molecule has 3 nitrogen and oxygen atoms in total. The van der Waals surface area contributed by atoms with Crippen LogP contribution < -0.4 is 11.5 Å². The highest BCUT2D eigenvalue weighted by atomic mass is 32.1. The van der Waals surface area contributed by atoms with E-state index in [0.29, 0.717) is 5.84 Å². The topological polar surface area (TPSA) is 64.4 Å². The average Bonchev–Trinajstić information content (AvgIpc) is 3.12. The Balaban J connectivity index is 0.000000181. The van der Waals surface area contributed by atoms with E-state index in [2.05, 4.69) is 17.6 Å². The number of benzene rings is 1. The third kappa shape index (κ3) is 7.47. The molecular formula is C13H19N3S. The van der Waals surface area contributed by atoms with Gasteiger partial charge in [0.2, 0.25) is 0 Å². The second kappa shape index (κ2) is 7.79. The number of thiol groups is 1. The van der Waals surface area contributed by atoms with E-state index in [1.165, 1.54) is 19.0 Å². The van der Waals surface area contributed by atoms with Crippen molar-refractivity contribution in [3.8, 4) is 0 Å². The standard InChI is InChI=1S/C7H13N3.C6H6S/c8-4-3-7(9)10-5-6-1-2-6;7-6-4-2-1-3-5-6/h3-4,6H,1-2,5,8H2,(H2,9,10);1-5,7H/b4-3-;. The number of rotatable bonds is 3. The molecule has 92 valence electrons. The molecule has 4 heteroatoms. The van der Waals surface area contributed by atoms with Crippen molar-refractivity contribution < 1.29 is 0 Å². The van der Waals surface area contributed by atoms with Crippen molar-refractivity contribution >= 4 is 18.5 Å². The highest BCUT2D eigenvalue weighted by Gasteiger charge is 2.20. The lowest BCUT2D eigenvalue weighted by molar-refractivity contribution is 0.848. The van der Waals surface area contributed by atoms with E-state index < -0.39 is 0 Å². The zero-order valence-corrected chi connectivity index (χ0v) is 10.7. The summed E-state index contributed by atoms with van der Waals surface area (Å²) in [6.07, 6.45) is 5.64. The Labute approximate surface area is 108 Å². The van der Waals surface area contributed by atoms with E-state index in [9.17, 15) is 0 Å². The van der Waals surface area contributed by atoms with Crippen LogP contribution in [0, 0.1) is 5.92 Å². The van der Waals surface area contributed by atoms with Gasteiger partial charge < -0.3 is 11.5 Å². The number of aliphatic imine (C=N–C) groups is 1. The smallest absolute Gasteiger partial charge is 0.119 e. The third-order valence-corrected chi connectivity index (χ3v) is 2.55. The molecule has 0 spiro atoms. The first-order chi connectivity index (χ1) is 8.22. The van der Waals surface area contributed by atoms with Crippen molar-refractivity contribution in [2.45, 2.75) is 17.7 Å². The molecule has 1 aliphatic carbocycles. The minimum absolute atomic E-state index is 0.536. The molecule has 17 heavy (non-hydrogen) atoms. The van der Waals surface area contributed by atoms with Crippen molar-refractivity contribution in [1.29, 1.82) is 0 Å². The van der Waals surface area contributed by atoms with Gasteiger partial charge in [-0.15, -0.1) is 12.6 Å². The second-order valence-corrected chi connectivity index (χ2v) is 4.42. The maximum atomic E-state index is 5.44. The van der Waals surface area contributed by atoms with E-state index in [0.717, 1.165) is 17.4 Å². The van der Waals surface area contributed by atoms with E-state index in [-0.39, 0.29) is 0 Å². The Hall–Kier alpha value is -1.42. The van der Waals surface area contributed by atoms with Gasteiger partial charge in [-0.1, -0.05) is 18.2 Å². The van der Waals surface area contributed by atoms with Crippen LogP contribution >= 0.6 is 12.6 Å². The predicted molar refractivity (Wildman–Crippen MR) is 76.2 cm³/mol. The van der Waals surface area contributed by atoms with E-state index in [1.54, 1.807) is 6.08 Å². The van der Waals surface area contributed by atoms with Crippen LogP contribution in [0.4, 0.5) is 0 Å². The van der Waals surface area contributed by atoms with Gasteiger partial charge in [0.05, 0.1) is 0 Å². The van der Waals surface area contributed by atoms with Gasteiger partial charge in [-0.2, -0.15) is 0 Å². The summed E-state index contributed by atoms with van der Waals surface area (Å²) in [4.78, 5) is 5.12. The molecular weight excluding hydrogens is 230 g/mol. The third-order valence-electron chi connectivity index (χ3n) is 2.25. The van der Waals surface area contributed by atoms with Gasteiger partial charge in [0.25, 0.3) is 0 Å². The molecule has 1 fully saturated rings. The minimum atomic E-state index is 0.536. The number of nitrogens with zero attached hydrogens (tertiary/aromatic N) is 1. The summed E-state index contributed by atoms with van der Waals surface area (Å²) in [5.41, 5.74) is 10.6. The molecule has 2 rings (SSSR count). The summed E-state index contributed by atoms with van der Waals surface area (Å²) in [6, 6.07) is 9.79. The Kier molecular flexibility index (Phi) is 6.25. The molecule has 0 aliphatic heterocycles. The van der Waals surface area contributed by atoms with Gasteiger partial charge in [0, 0.05) is 11.4 Å². The Bertz CT molecular complexity index is 370. The molecule has 0 aromatic heterocycles. The van der Waals surface area contributed by atoms with E-state index in [4.69, 9.17) is 11.5 Å². The van der Waals surface area contributed by atoms with Crippen molar-refractivity contribution in [3.63, 3.8) is 0 Å². The normalized spacial score (nSPS) is 15.5. The first-order valence-electron chi connectivity index (χ1n) is 5.64. The van der Waals surface area contributed by atoms with Gasteiger partial charge in [0.1, 0.15) is 5.84 Å². The molecule has 0 radical (unpaired) electrons. The van der Waals surface area contributed by atoms with Crippen molar-refractivity contribution in [3.05, 3.63) is 42.6 Å². The molecule has 0 heterocycles. The quantitative estimate of drug-likeness (QED) is 0.437. The summed E-state index contributed by atoms with van der Waals surface area (Å²) in [6.45, 7) is 0.871. The molecule has 1 aliphatic rings. The number of amidine groups is 1. The lowest BCUT2D eigenvalue weighted by atomic mass is 10.4. The van der Waals surface area contributed by atoms with E-state index in [1.807, 2.05) is 30.3 Å². The lowest BCUT2D eigenvalue weighted by Crippen LogP contribution is -2.09. The van der Waals surface area contributed by atoms with Crippen LogP contribution in [-0.2, 0) is 0 Å². The molecule has 0 unspecified atom stereocenters. The zero-order valence-electron chi connectivity index (χ0n) is 9.79. The number of nitrogens with two attached hydrogens (primary N) is 2. The molecule has 1 aromatic carbocycles. The van der Waals surface area contributed by atoms with Gasteiger partial charge in [0.15, 0.2) is 0 Å². The van der Waals surface area contributed by atoms with Crippen LogP contribution in [-0.4, -0.2) is 12.4 Å². The average molecular weight is 249 g/mol. The summed E-state index contributed by atoms with van der Waals surface area (Å²) in [7, 11) is 0. The first-order valence-corrected chi connectivity index (χ1v) is 6.09. The fourth-order valence-corrected chi connectivity index (χ4v) is 1.29. The van der Waals surface area contributed by atoms with Crippen LogP contribution in [0.1, 0.15) is 12.8 Å². The first kappa shape index (κ1) is 13.6. The van der Waals surface area contributed by atoms with Crippen LogP contribution in [0.3, 0.4) is 0 Å². The highest BCUT2D eigenvalue weighted by Crippen LogP contribution is 2.28. The molecule has 0 bridgehead atoms. The maximum absolute atomic E-state index is 5.44. The van der Waals surface area contributed by atoms with Crippen molar-refractivity contribution in [1.82, 2.24) is 0 Å². The van der Waals surface area contributed by atoms with Crippen LogP contribution in [0.5, 0.6) is 0 Å². The van der Waals surface area contributed by atoms with Crippen LogP contribution in [0.2, 0.25) is 0 Å². The Morgan fingerprint density at radius 2 is 2.00 bits per heavy atom. The van der Waals surface area contributed by atoms with Crippen LogP contribution in [0.25, 0.3) is 0 Å². The number of hydrogen-bond donors (Lipinski definition) is 3. The van der Waals surface area contributed by atoms with Gasteiger partial charge >= 0.3 is 0 Å². The zero-order chi connectivity index (χ0) is 12.5.